The third-order valence-corrected chi connectivity index (χ3v) is 2.45. The first kappa shape index (κ1) is 13.8. The Morgan fingerprint density at radius 1 is 1.40 bits per heavy atom. The third kappa shape index (κ3) is 3.94. The quantitative estimate of drug-likeness (QED) is 0.476. The van der Waals surface area contributed by atoms with Crippen LogP contribution in [0.2, 0.25) is 0 Å². The van der Waals surface area contributed by atoms with E-state index in [1.807, 2.05) is 37.3 Å². The van der Waals surface area contributed by atoms with Crippen molar-refractivity contribution >= 4 is 11.7 Å². The summed E-state index contributed by atoms with van der Waals surface area (Å²) in [6, 6.07) is 10.1. The van der Waals surface area contributed by atoms with Crippen molar-refractivity contribution in [3.8, 4) is 0 Å². The number of rotatable bonds is 7. The first-order valence-corrected chi connectivity index (χ1v) is 6.18. The molecule has 6 heteroatoms. The summed E-state index contributed by atoms with van der Waals surface area (Å²) >= 11 is 0. The highest BCUT2D eigenvalue weighted by atomic mass is 16.6. The van der Waals surface area contributed by atoms with Gasteiger partial charge in [0, 0.05) is 6.54 Å². The number of nitrogens with one attached hydrogen (secondary N) is 1. The van der Waals surface area contributed by atoms with E-state index in [4.69, 9.17) is 9.25 Å². The smallest absolute Gasteiger partial charge is 0.315 e. The van der Waals surface area contributed by atoms with Gasteiger partial charge in [0.1, 0.15) is 0 Å². The SMILES string of the molecule is C=CCNc1nnc(CO/N=C(\C)c2ccccc2)o1. The Balaban J connectivity index is 1.86. The molecule has 0 saturated carbocycles. The van der Waals surface area contributed by atoms with Gasteiger partial charge in [0.05, 0.1) is 5.71 Å². The van der Waals surface area contributed by atoms with Crippen molar-refractivity contribution in [1.29, 1.82) is 0 Å². The molecule has 0 saturated heterocycles. The first-order chi connectivity index (χ1) is 9.79. The van der Waals surface area contributed by atoms with Crippen LogP contribution in [0.4, 0.5) is 6.01 Å². The zero-order chi connectivity index (χ0) is 14.2. The van der Waals surface area contributed by atoms with Gasteiger partial charge in [0.15, 0.2) is 6.61 Å². The minimum atomic E-state index is 0.132. The number of oxime groups is 1. The second kappa shape index (κ2) is 7.08. The fourth-order valence-corrected chi connectivity index (χ4v) is 1.46. The number of hydrogen-bond acceptors (Lipinski definition) is 6. The summed E-state index contributed by atoms with van der Waals surface area (Å²) < 4.78 is 5.30. The molecular formula is C14H16N4O2. The second-order valence-corrected chi connectivity index (χ2v) is 3.99. The van der Waals surface area contributed by atoms with E-state index in [1.54, 1.807) is 6.08 Å². The predicted octanol–water partition coefficient (Wildman–Crippen LogP) is 2.61. The van der Waals surface area contributed by atoms with E-state index in [9.17, 15) is 0 Å². The molecular weight excluding hydrogens is 256 g/mol. The highest BCUT2D eigenvalue weighted by Crippen LogP contribution is 2.07. The van der Waals surface area contributed by atoms with Gasteiger partial charge in [0.25, 0.3) is 5.89 Å². The lowest BCUT2D eigenvalue weighted by Crippen LogP contribution is -1.97. The van der Waals surface area contributed by atoms with Crippen molar-refractivity contribution in [2.75, 3.05) is 11.9 Å². The normalized spacial score (nSPS) is 11.2. The molecule has 0 fully saturated rings. The first-order valence-electron chi connectivity index (χ1n) is 6.18. The Morgan fingerprint density at radius 3 is 2.95 bits per heavy atom. The van der Waals surface area contributed by atoms with E-state index in [2.05, 4.69) is 27.2 Å². The summed E-state index contributed by atoms with van der Waals surface area (Å²) in [4.78, 5) is 5.20. The topological polar surface area (TPSA) is 72.5 Å². The van der Waals surface area contributed by atoms with Crippen LogP contribution in [0.5, 0.6) is 0 Å². The van der Waals surface area contributed by atoms with Gasteiger partial charge in [-0.25, -0.2) is 0 Å². The van der Waals surface area contributed by atoms with Crippen molar-refractivity contribution in [3.05, 3.63) is 54.4 Å². The van der Waals surface area contributed by atoms with Crippen LogP contribution < -0.4 is 5.32 Å². The maximum Gasteiger partial charge on any atom is 0.315 e. The maximum absolute atomic E-state index is 5.30. The average molecular weight is 272 g/mol. The lowest BCUT2D eigenvalue weighted by atomic mass is 10.1. The minimum Gasteiger partial charge on any atom is -0.404 e. The lowest BCUT2D eigenvalue weighted by Gasteiger charge is -2.00. The summed E-state index contributed by atoms with van der Waals surface area (Å²) in [5.74, 6) is 0.362. The van der Waals surface area contributed by atoms with Gasteiger partial charge < -0.3 is 14.6 Å². The van der Waals surface area contributed by atoms with Gasteiger partial charge in [-0.3, -0.25) is 0 Å². The number of hydrogen-bond donors (Lipinski definition) is 1. The van der Waals surface area contributed by atoms with E-state index in [1.165, 1.54) is 0 Å². The molecule has 20 heavy (non-hydrogen) atoms. The molecule has 2 rings (SSSR count). The minimum absolute atomic E-state index is 0.132. The van der Waals surface area contributed by atoms with Gasteiger partial charge >= 0.3 is 6.01 Å². The molecule has 0 aliphatic carbocycles. The van der Waals surface area contributed by atoms with Gasteiger partial charge in [-0.1, -0.05) is 46.7 Å². The van der Waals surface area contributed by atoms with E-state index in [-0.39, 0.29) is 6.61 Å². The van der Waals surface area contributed by atoms with Crippen LogP contribution in [0.15, 0.2) is 52.6 Å². The van der Waals surface area contributed by atoms with E-state index in [0.29, 0.717) is 18.5 Å². The van der Waals surface area contributed by atoms with Gasteiger partial charge in [0.2, 0.25) is 0 Å². The molecule has 104 valence electrons. The zero-order valence-corrected chi connectivity index (χ0v) is 11.2. The van der Waals surface area contributed by atoms with Crippen LogP contribution in [-0.4, -0.2) is 22.5 Å². The Labute approximate surface area is 117 Å². The van der Waals surface area contributed by atoms with E-state index >= 15 is 0 Å². The number of benzene rings is 1. The zero-order valence-electron chi connectivity index (χ0n) is 11.2. The molecule has 0 atom stereocenters. The molecule has 0 bridgehead atoms. The molecule has 0 radical (unpaired) electrons. The Morgan fingerprint density at radius 2 is 2.20 bits per heavy atom. The molecule has 0 amide bonds. The summed E-state index contributed by atoms with van der Waals surface area (Å²) in [6.45, 7) is 6.16. The molecule has 1 aromatic heterocycles. The Bertz CT molecular complexity index is 578. The maximum atomic E-state index is 5.30. The molecule has 1 heterocycles. The lowest BCUT2D eigenvalue weighted by molar-refractivity contribution is 0.111. The van der Waals surface area contributed by atoms with Gasteiger partial charge in [-0.05, 0) is 12.5 Å². The fourth-order valence-electron chi connectivity index (χ4n) is 1.46. The molecule has 0 unspecified atom stereocenters. The van der Waals surface area contributed by atoms with Gasteiger partial charge in [-0.2, -0.15) is 0 Å². The summed E-state index contributed by atoms with van der Waals surface area (Å²) in [7, 11) is 0. The van der Waals surface area contributed by atoms with Crippen molar-refractivity contribution in [2.24, 2.45) is 5.16 Å². The largest absolute Gasteiger partial charge is 0.404 e. The number of nitrogens with zero attached hydrogens (tertiary/aromatic N) is 3. The van der Waals surface area contributed by atoms with Crippen LogP contribution in [0.3, 0.4) is 0 Å². The van der Waals surface area contributed by atoms with Crippen molar-refractivity contribution in [1.82, 2.24) is 10.2 Å². The molecule has 6 nitrogen and oxygen atoms in total. The molecule has 1 aromatic carbocycles. The Hall–Kier alpha value is -2.63. The van der Waals surface area contributed by atoms with Crippen LogP contribution in [-0.2, 0) is 11.4 Å². The third-order valence-electron chi connectivity index (χ3n) is 2.45. The molecule has 0 aliphatic heterocycles. The van der Waals surface area contributed by atoms with E-state index in [0.717, 1.165) is 11.3 Å². The van der Waals surface area contributed by atoms with Gasteiger partial charge in [-0.15, -0.1) is 11.7 Å². The Kier molecular flexibility index (Phi) is 4.88. The molecule has 2 aromatic rings. The number of aromatic nitrogens is 2. The molecule has 0 spiro atoms. The average Bonchev–Trinajstić information content (AvgIpc) is 2.94. The van der Waals surface area contributed by atoms with Crippen LogP contribution in [0.1, 0.15) is 18.4 Å². The van der Waals surface area contributed by atoms with Crippen molar-refractivity contribution in [3.63, 3.8) is 0 Å². The highest BCUT2D eigenvalue weighted by Gasteiger charge is 2.05. The summed E-state index contributed by atoms with van der Waals surface area (Å²) in [5, 5.41) is 14.5. The molecule has 0 aliphatic rings. The van der Waals surface area contributed by atoms with Crippen molar-refractivity contribution < 1.29 is 9.25 Å². The van der Waals surface area contributed by atoms with Crippen molar-refractivity contribution in [2.45, 2.75) is 13.5 Å². The fraction of sp³-hybridized carbons (Fsp3) is 0.214. The number of anilines is 1. The summed E-state index contributed by atoms with van der Waals surface area (Å²) in [6.07, 6.45) is 1.70. The van der Waals surface area contributed by atoms with Crippen LogP contribution >= 0.6 is 0 Å². The van der Waals surface area contributed by atoms with Crippen LogP contribution in [0, 0.1) is 0 Å². The monoisotopic (exact) mass is 272 g/mol. The summed E-state index contributed by atoms with van der Waals surface area (Å²) in [5.41, 5.74) is 1.79. The standard InChI is InChI=1S/C14H16N4O2/c1-3-9-15-14-17-16-13(20-14)10-19-18-11(2)12-7-5-4-6-8-12/h3-8H,1,9-10H2,2H3,(H,15,17)/b18-11+. The molecule has 1 N–H and O–H groups in total. The predicted molar refractivity (Wildman–Crippen MR) is 76.4 cm³/mol. The second-order valence-electron chi connectivity index (χ2n) is 3.99. The van der Waals surface area contributed by atoms with E-state index < -0.39 is 0 Å². The van der Waals surface area contributed by atoms with Crippen LogP contribution in [0.25, 0.3) is 0 Å². The highest BCUT2D eigenvalue weighted by molar-refractivity contribution is 5.98.